The Kier molecular flexibility index (Phi) is 8.62. The number of likely N-dealkylation sites (N-methyl/N-ethyl adjacent to an activating group) is 1. The van der Waals surface area contributed by atoms with Gasteiger partial charge in [-0.15, -0.1) is 0 Å². The number of hydrogen-bond donors (Lipinski definition) is 1. The molecule has 15 heteroatoms. The summed E-state index contributed by atoms with van der Waals surface area (Å²) < 4.78 is 100. The lowest BCUT2D eigenvalue weighted by atomic mass is 9.85. The number of hydroxylamine groups is 2. The van der Waals surface area contributed by atoms with Crippen LogP contribution in [0.2, 0.25) is 15.1 Å². The number of allylic oxidation sites excluding steroid dienone is 1. The molecule has 1 aliphatic rings. The summed E-state index contributed by atoms with van der Waals surface area (Å²) in [4.78, 5) is 29.6. The van der Waals surface area contributed by atoms with Crippen molar-refractivity contribution in [2.24, 2.45) is 5.73 Å². The number of halogens is 10. The van der Waals surface area contributed by atoms with Gasteiger partial charge in [0.05, 0.1) is 38.7 Å². The van der Waals surface area contributed by atoms with E-state index >= 15 is 4.39 Å². The number of nitrogens with zero attached hydrogens (tertiary/aromatic N) is 1. The van der Waals surface area contributed by atoms with Gasteiger partial charge in [0.15, 0.2) is 0 Å². The van der Waals surface area contributed by atoms with E-state index in [1.807, 2.05) is 0 Å². The molecule has 2 atom stereocenters. The van der Waals surface area contributed by atoms with Crippen molar-refractivity contribution in [3.05, 3.63) is 73.2 Å². The minimum atomic E-state index is -5.35. The topological polar surface area (TPSA) is 72.6 Å². The van der Waals surface area contributed by atoms with E-state index in [9.17, 15) is 35.9 Å². The summed E-state index contributed by atoms with van der Waals surface area (Å²) in [6, 6.07) is 2.73. The summed E-state index contributed by atoms with van der Waals surface area (Å²) in [5.74, 6) is -8.88. The van der Waals surface area contributed by atoms with E-state index in [2.05, 4.69) is 0 Å². The molecule has 0 saturated carbocycles. The van der Waals surface area contributed by atoms with E-state index in [1.165, 1.54) is 6.92 Å². The van der Waals surface area contributed by atoms with Gasteiger partial charge in [0.2, 0.25) is 5.91 Å². The van der Waals surface area contributed by atoms with Crippen molar-refractivity contribution in [3.63, 3.8) is 0 Å². The molecule has 0 aromatic heterocycles. The second-order valence-electron chi connectivity index (χ2n) is 8.03. The highest BCUT2D eigenvalue weighted by Crippen LogP contribution is 2.46. The number of carbonyl (C=O) groups excluding carboxylic acids is 2. The summed E-state index contributed by atoms with van der Waals surface area (Å²) >= 11 is 17.4. The SMILES string of the molecule is CCN1OC[C@@H](c2c(/C(F)=C/C(c3cc(Cl)c(Cl)c(Cl)c3)C(F)(F)F)ccc(C(N)=O)c2C(F)(F)F)C1=O. The molecular weight excluding hydrogens is 592 g/mol. The fourth-order valence-electron chi connectivity index (χ4n) is 4.00. The second-order valence-corrected chi connectivity index (χ2v) is 9.22. The highest BCUT2D eigenvalue weighted by molar-refractivity contribution is 6.48. The van der Waals surface area contributed by atoms with Crippen molar-refractivity contribution in [2.75, 3.05) is 13.2 Å². The molecule has 3 rings (SSSR count). The predicted octanol–water partition coefficient (Wildman–Crippen LogP) is 7.30. The molecule has 1 aliphatic heterocycles. The van der Waals surface area contributed by atoms with Crippen LogP contribution < -0.4 is 5.73 Å². The average Bonchev–Trinajstić information content (AvgIpc) is 3.18. The molecule has 1 unspecified atom stereocenters. The standard InChI is InChI=1S/C23H16Cl3F7N2O3/c1-2-35-21(37)12(8-38-35)17-10(3-4-11(20(34)36)18(17)23(31,32)33)16(27)7-13(22(28,29)30)9-5-14(24)19(26)15(25)6-9/h3-7,12-13H,2,8H2,1H3,(H2,34,36)/b16-7-/t12-,13?/m0/s1. The van der Waals surface area contributed by atoms with Crippen molar-refractivity contribution >= 4 is 52.4 Å². The van der Waals surface area contributed by atoms with E-state index < -0.39 is 76.3 Å². The largest absolute Gasteiger partial charge is 0.417 e. The van der Waals surface area contributed by atoms with E-state index in [0.717, 1.165) is 12.1 Å². The normalized spacial score (nSPS) is 17.8. The summed E-state index contributed by atoms with van der Waals surface area (Å²) in [7, 11) is 0. The monoisotopic (exact) mass is 606 g/mol. The number of primary amides is 1. The van der Waals surface area contributed by atoms with Crippen LogP contribution in [-0.4, -0.2) is 36.2 Å². The van der Waals surface area contributed by atoms with E-state index in [1.54, 1.807) is 0 Å². The summed E-state index contributed by atoms with van der Waals surface area (Å²) in [5, 5.41) is -0.307. The molecule has 0 spiro atoms. The highest BCUT2D eigenvalue weighted by atomic mass is 35.5. The molecule has 1 heterocycles. The molecule has 2 N–H and O–H groups in total. The van der Waals surface area contributed by atoms with Gasteiger partial charge in [-0.2, -0.15) is 26.3 Å². The Labute approximate surface area is 225 Å². The van der Waals surface area contributed by atoms with Gasteiger partial charge in [0, 0.05) is 12.1 Å². The Morgan fingerprint density at radius 1 is 1.13 bits per heavy atom. The Balaban J connectivity index is 2.33. The van der Waals surface area contributed by atoms with Crippen LogP contribution in [0.1, 0.15) is 51.4 Å². The van der Waals surface area contributed by atoms with Gasteiger partial charge in [-0.1, -0.05) is 40.9 Å². The van der Waals surface area contributed by atoms with Crippen LogP contribution >= 0.6 is 34.8 Å². The first-order chi connectivity index (χ1) is 17.5. The van der Waals surface area contributed by atoms with Gasteiger partial charge in [-0.3, -0.25) is 14.4 Å². The smallest absolute Gasteiger partial charge is 0.366 e. The van der Waals surface area contributed by atoms with Crippen LogP contribution in [0.3, 0.4) is 0 Å². The van der Waals surface area contributed by atoms with Crippen LogP contribution in [0, 0.1) is 0 Å². The Morgan fingerprint density at radius 2 is 1.68 bits per heavy atom. The van der Waals surface area contributed by atoms with Crippen molar-refractivity contribution in [3.8, 4) is 0 Å². The number of benzene rings is 2. The lowest BCUT2D eigenvalue weighted by Crippen LogP contribution is -2.28. The quantitative estimate of drug-likeness (QED) is 0.277. The lowest BCUT2D eigenvalue weighted by Gasteiger charge is -2.23. The van der Waals surface area contributed by atoms with Crippen LogP contribution in [0.15, 0.2) is 30.3 Å². The van der Waals surface area contributed by atoms with Gasteiger partial charge in [0.1, 0.15) is 11.7 Å². The van der Waals surface area contributed by atoms with E-state index in [0.29, 0.717) is 17.2 Å². The zero-order valence-electron chi connectivity index (χ0n) is 19.0. The molecule has 0 aliphatic carbocycles. The summed E-state index contributed by atoms with van der Waals surface area (Å²) in [5.41, 5.74) is -0.524. The number of hydrogen-bond acceptors (Lipinski definition) is 3. The highest BCUT2D eigenvalue weighted by Gasteiger charge is 2.46. The van der Waals surface area contributed by atoms with Crippen molar-refractivity contribution in [1.82, 2.24) is 5.06 Å². The minimum absolute atomic E-state index is 0.0106. The molecule has 5 nitrogen and oxygen atoms in total. The van der Waals surface area contributed by atoms with Crippen molar-refractivity contribution in [2.45, 2.75) is 31.1 Å². The van der Waals surface area contributed by atoms with Gasteiger partial charge in [0.25, 0.3) is 5.91 Å². The predicted molar refractivity (Wildman–Crippen MR) is 125 cm³/mol. The van der Waals surface area contributed by atoms with E-state index in [-0.39, 0.29) is 27.7 Å². The molecule has 2 aromatic carbocycles. The van der Waals surface area contributed by atoms with Crippen LogP contribution in [-0.2, 0) is 15.8 Å². The number of rotatable bonds is 6. The lowest BCUT2D eigenvalue weighted by molar-refractivity contribution is -0.160. The fourth-order valence-corrected chi connectivity index (χ4v) is 4.61. The first-order valence-electron chi connectivity index (χ1n) is 10.6. The number of carbonyl (C=O) groups is 2. The molecule has 2 aromatic rings. The summed E-state index contributed by atoms with van der Waals surface area (Å²) in [6.07, 6.45) is -10.5. The van der Waals surface area contributed by atoms with Crippen LogP contribution in [0.25, 0.3) is 5.83 Å². The molecular formula is C23H16Cl3F7N2O3. The molecule has 2 amide bonds. The average molecular weight is 608 g/mol. The molecule has 38 heavy (non-hydrogen) atoms. The zero-order chi connectivity index (χ0) is 28.7. The molecule has 0 radical (unpaired) electrons. The first kappa shape index (κ1) is 30.0. The Morgan fingerprint density at radius 3 is 2.13 bits per heavy atom. The zero-order valence-corrected chi connectivity index (χ0v) is 21.3. The molecule has 1 fully saturated rings. The number of amides is 2. The maximum Gasteiger partial charge on any atom is 0.417 e. The number of alkyl halides is 6. The third-order valence-electron chi connectivity index (χ3n) is 5.66. The molecule has 1 saturated heterocycles. The first-order valence-corrected chi connectivity index (χ1v) is 11.7. The number of nitrogens with two attached hydrogens (primary N) is 1. The van der Waals surface area contributed by atoms with Gasteiger partial charge >= 0.3 is 12.4 Å². The Bertz CT molecular complexity index is 1290. The van der Waals surface area contributed by atoms with Crippen molar-refractivity contribution < 1.29 is 45.2 Å². The second kappa shape index (κ2) is 10.9. The van der Waals surface area contributed by atoms with Crippen LogP contribution in [0.5, 0.6) is 0 Å². The Hall–Kier alpha value is -2.54. The van der Waals surface area contributed by atoms with E-state index in [4.69, 9.17) is 45.4 Å². The van der Waals surface area contributed by atoms with Gasteiger partial charge in [-0.25, -0.2) is 9.45 Å². The van der Waals surface area contributed by atoms with Crippen LogP contribution in [0.4, 0.5) is 30.7 Å². The molecule has 0 bridgehead atoms. The minimum Gasteiger partial charge on any atom is -0.366 e. The molecule has 206 valence electrons. The summed E-state index contributed by atoms with van der Waals surface area (Å²) in [6.45, 7) is 0.667. The van der Waals surface area contributed by atoms with Crippen molar-refractivity contribution in [1.29, 1.82) is 0 Å². The van der Waals surface area contributed by atoms with Gasteiger partial charge in [-0.05, 0) is 42.3 Å². The van der Waals surface area contributed by atoms with Gasteiger partial charge < -0.3 is 5.73 Å². The maximum atomic E-state index is 15.6. The third-order valence-corrected chi connectivity index (χ3v) is 6.86. The third kappa shape index (κ3) is 5.88. The maximum absolute atomic E-state index is 15.6. The fraction of sp³-hybridized carbons (Fsp3) is 0.304.